The third-order valence-corrected chi connectivity index (χ3v) is 2.26. The van der Waals surface area contributed by atoms with Gasteiger partial charge in [-0.05, 0) is 12.1 Å². The molecule has 2 nitrogen and oxygen atoms in total. The van der Waals surface area contributed by atoms with Crippen LogP contribution in [0.2, 0.25) is 5.02 Å². The van der Waals surface area contributed by atoms with Crippen molar-refractivity contribution >= 4 is 28.2 Å². The van der Waals surface area contributed by atoms with E-state index in [1.165, 1.54) is 0 Å². The molecule has 0 saturated carbocycles. The summed E-state index contributed by atoms with van der Waals surface area (Å²) >= 11 is 5.87. The van der Waals surface area contributed by atoms with E-state index in [0.29, 0.717) is 16.4 Å². The number of fused-ring (bicyclic) bond motifs is 1. The van der Waals surface area contributed by atoms with Crippen LogP contribution in [0.15, 0.2) is 24.4 Å². The molecule has 1 aromatic carbocycles. The zero-order valence-electron chi connectivity index (χ0n) is 7.29. The van der Waals surface area contributed by atoms with Gasteiger partial charge in [-0.3, -0.25) is 0 Å². The predicted octanol–water partition coefficient (Wildman–Crippen LogP) is 2.45. The van der Waals surface area contributed by atoms with E-state index in [9.17, 15) is 0 Å². The number of terminal acetylenes is 1. The molecule has 0 radical (unpaired) electrons. The number of nitrogen functional groups attached to an aromatic ring is 1. The van der Waals surface area contributed by atoms with Gasteiger partial charge < -0.3 is 5.73 Å². The van der Waals surface area contributed by atoms with Gasteiger partial charge in [0.1, 0.15) is 5.82 Å². The third kappa shape index (κ3) is 1.28. The van der Waals surface area contributed by atoms with E-state index in [1.807, 2.05) is 6.07 Å². The number of halogens is 1. The Hall–Kier alpha value is -1.72. The van der Waals surface area contributed by atoms with Gasteiger partial charge in [-0.2, -0.15) is 0 Å². The summed E-state index contributed by atoms with van der Waals surface area (Å²) in [6, 6.07) is 5.46. The quantitative estimate of drug-likeness (QED) is 0.667. The van der Waals surface area contributed by atoms with E-state index in [-0.39, 0.29) is 0 Å². The molecule has 2 aromatic rings. The summed E-state index contributed by atoms with van der Waals surface area (Å²) in [5, 5.41) is 2.45. The monoisotopic (exact) mass is 202 g/mol. The highest BCUT2D eigenvalue weighted by atomic mass is 35.5. The first-order valence-corrected chi connectivity index (χ1v) is 4.40. The number of nitrogens with two attached hydrogens (primary N) is 1. The molecule has 0 saturated heterocycles. The second kappa shape index (κ2) is 3.21. The molecule has 0 atom stereocenters. The van der Waals surface area contributed by atoms with Crippen molar-refractivity contribution in [2.75, 3.05) is 5.73 Å². The molecule has 68 valence electrons. The fourth-order valence-electron chi connectivity index (χ4n) is 1.35. The Morgan fingerprint density at radius 2 is 2.21 bits per heavy atom. The molecule has 14 heavy (non-hydrogen) atoms. The standard InChI is InChI=1S/C11H7ClN2/c1-2-9-10-5-8(12)4-3-7(10)6-14-11(9)13/h1,3-6H,(H2,13,14). The number of aromatic nitrogens is 1. The van der Waals surface area contributed by atoms with E-state index < -0.39 is 0 Å². The Bertz CT molecular complexity index is 535. The molecule has 0 aliphatic heterocycles. The molecule has 1 heterocycles. The topological polar surface area (TPSA) is 38.9 Å². The van der Waals surface area contributed by atoms with E-state index in [1.54, 1.807) is 18.3 Å². The van der Waals surface area contributed by atoms with E-state index in [2.05, 4.69) is 10.9 Å². The molecular formula is C11H7ClN2. The van der Waals surface area contributed by atoms with Crippen LogP contribution in [0.25, 0.3) is 10.8 Å². The van der Waals surface area contributed by atoms with Gasteiger partial charge in [0.05, 0.1) is 5.56 Å². The van der Waals surface area contributed by atoms with Crippen LogP contribution in [-0.4, -0.2) is 4.98 Å². The van der Waals surface area contributed by atoms with Crippen molar-refractivity contribution in [1.29, 1.82) is 0 Å². The van der Waals surface area contributed by atoms with Crippen molar-refractivity contribution < 1.29 is 0 Å². The Morgan fingerprint density at radius 3 is 2.93 bits per heavy atom. The first-order valence-electron chi connectivity index (χ1n) is 4.02. The van der Waals surface area contributed by atoms with Crippen LogP contribution in [0.3, 0.4) is 0 Å². The number of benzene rings is 1. The maximum Gasteiger partial charge on any atom is 0.139 e. The zero-order valence-corrected chi connectivity index (χ0v) is 8.05. The van der Waals surface area contributed by atoms with Crippen molar-refractivity contribution in [1.82, 2.24) is 4.98 Å². The number of nitrogens with zero attached hydrogens (tertiary/aromatic N) is 1. The Labute approximate surface area is 86.7 Å². The molecular weight excluding hydrogens is 196 g/mol. The van der Waals surface area contributed by atoms with Crippen LogP contribution < -0.4 is 5.73 Å². The molecule has 0 unspecified atom stereocenters. The minimum Gasteiger partial charge on any atom is -0.383 e. The van der Waals surface area contributed by atoms with Crippen molar-refractivity contribution in [3.8, 4) is 12.3 Å². The van der Waals surface area contributed by atoms with E-state index >= 15 is 0 Å². The summed E-state index contributed by atoms with van der Waals surface area (Å²) < 4.78 is 0. The van der Waals surface area contributed by atoms with Gasteiger partial charge in [-0.1, -0.05) is 23.6 Å². The van der Waals surface area contributed by atoms with E-state index in [0.717, 1.165) is 10.8 Å². The third-order valence-electron chi connectivity index (χ3n) is 2.03. The van der Waals surface area contributed by atoms with Crippen molar-refractivity contribution in [2.24, 2.45) is 0 Å². The second-order valence-corrected chi connectivity index (χ2v) is 3.33. The number of pyridine rings is 1. The molecule has 0 spiro atoms. The first-order chi connectivity index (χ1) is 6.72. The van der Waals surface area contributed by atoms with Crippen LogP contribution in [0, 0.1) is 12.3 Å². The lowest BCUT2D eigenvalue weighted by molar-refractivity contribution is 1.36. The number of hydrogen-bond acceptors (Lipinski definition) is 2. The van der Waals surface area contributed by atoms with Crippen LogP contribution in [-0.2, 0) is 0 Å². The number of rotatable bonds is 0. The van der Waals surface area contributed by atoms with Crippen LogP contribution >= 0.6 is 11.6 Å². The van der Waals surface area contributed by atoms with Crippen molar-refractivity contribution in [3.63, 3.8) is 0 Å². The Balaban J connectivity index is 2.93. The lowest BCUT2D eigenvalue weighted by Gasteiger charge is -2.03. The van der Waals surface area contributed by atoms with Crippen LogP contribution in [0.4, 0.5) is 5.82 Å². The van der Waals surface area contributed by atoms with E-state index in [4.69, 9.17) is 23.8 Å². The Kier molecular flexibility index (Phi) is 2.03. The molecule has 0 amide bonds. The fraction of sp³-hybridized carbons (Fsp3) is 0. The highest BCUT2D eigenvalue weighted by Gasteiger charge is 2.04. The van der Waals surface area contributed by atoms with Gasteiger partial charge in [0, 0.05) is 22.0 Å². The largest absolute Gasteiger partial charge is 0.383 e. The lowest BCUT2D eigenvalue weighted by atomic mass is 10.1. The van der Waals surface area contributed by atoms with Gasteiger partial charge in [0.15, 0.2) is 0 Å². The molecule has 0 aliphatic rings. The lowest BCUT2D eigenvalue weighted by Crippen LogP contribution is -1.95. The maximum absolute atomic E-state index is 5.87. The number of hydrogen-bond donors (Lipinski definition) is 1. The molecule has 0 bridgehead atoms. The van der Waals surface area contributed by atoms with Crippen LogP contribution in [0.5, 0.6) is 0 Å². The van der Waals surface area contributed by atoms with Crippen molar-refractivity contribution in [2.45, 2.75) is 0 Å². The van der Waals surface area contributed by atoms with Gasteiger partial charge >= 0.3 is 0 Å². The molecule has 0 fully saturated rings. The van der Waals surface area contributed by atoms with Crippen molar-refractivity contribution in [3.05, 3.63) is 35.0 Å². The SMILES string of the molecule is C#Cc1c(N)ncc2ccc(Cl)cc12. The minimum atomic E-state index is 0.363. The molecule has 2 N–H and O–H groups in total. The second-order valence-electron chi connectivity index (χ2n) is 2.89. The summed E-state index contributed by atoms with van der Waals surface area (Å²) in [4.78, 5) is 4.00. The fourth-order valence-corrected chi connectivity index (χ4v) is 1.52. The normalized spacial score (nSPS) is 10.0. The van der Waals surface area contributed by atoms with Gasteiger partial charge in [-0.15, -0.1) is 6.42 Å². The highest BCUT2D eigenvalue weighted by molar-refractivity contribution is 6.31. The summed E-state index contributed by atoms with van der Waals surface area (Å²) in [6.45, 7) is 0. The summed E-state index contributed by atoms with van der Waals surface area (Å²) in [5.41, 5.74) is 6.25. The smallest absolute Gasteiger partial charge is 0.139 e. The Morgan fingerprint density at radius 1 is 1.43 bits per heavy atom. The van der Waals surface area contributed by atoms with Gasteiger partial charge in [-0.25, -0.2) is 4.98 Å². The average Bonchev–Trinajstić information content (AvgIpc) is 2.17. The predicted molar refractivity (Wildman–Crippen MR) is 59.1 cm³/mol. The minimum absolute atomic E-state index is 0.363. The van der Waals surface area contributed by atoms with Gasteiger partial charge in [0.25, 0.3) is 0 Å². The summed E-state index contributed by atoms with van der Waals surface area (Å²) in [6.07, 6.45) is 7.04. The van der Waals surface area contributed by atoms with Gasteiger partial charge in [0.2, 0.25) is 0 Å². The molecule has 2 rings (SSSR count). The maximum atomic E-state index is 5.87. The molecule has 3 heteroatoms. The first kappa shape index (κ1) is 8.86. The zero-order chi connectivity index (χ0) is 10.1. The summed E-state index contributed by atoms with van der Waals surface area (Å²) in [5.74, 6) is 2.88. The number of anilines is 1. The van der Waals surface area contributed by atoms with Crippen LogP contribution in [0.1, 0.15) is 5.56 Å². The average molecular weight is 203 g/mol. The molecule has 1 aromatic heterocycles. The molecule has 0 aliphatic carbocycles. The summed E-state index contributed by atoms with van der Waals surface area (Å²) in [7, 11) is 0. The highest BCUT2D eigenvalue weighted by Crippen LogP contribution is 2.24.